The molecule has 1 fully saturated rings. The summed E-state index contributed by atoms with van der Waals surface area (Å²) in [7, 11) is 1.64. The van der Waals surface area contributed by atoms with Crippen LogP contribution in [0, 0.1) is 6.92 Å². The Labute approximate surface area is 123 Å². The molecule has 1 aliphatic rings. The number of methoxy groups -OCH3 is 1. The highest BCUT2D eigenvalue weighted by Crippen LogP contribution is 2.22. The third-order valence-corrected chi connectivity index (χ3v) is 3.88. The van der Waals surface area contributed by atoms with Gasteiger partial charge in [0.1, 0.15) is 0 Å². The van der Waals surface area contributed by atoms with Crippen LogP contribution in [0.3, 0.4) is 0 Å². The van der Waals surface area contributed by atoms with Gasteiger partial charge >= 0.3 is 12.0 Å². The van der Waals surface area contributed by atoms with Crippen molar-refractivity contribution < 1.29 is 19.4 Å². The number of carboxylic acid groups (broad SMARTS) is 1. The van der Waals surface area contributed by atoms with Gasteiger partial charge < -0.3 is 20.5 Å². The quantitative estimate of drug-likeness (QED) is 0.795. The van der Waals surface area contributed by atoms with Crippen molar-refractivity contribution >= 4 is 17.7 Å². The van der Waals surface area contributed by atoms with Crippen LogP contribution in [0.1, 0.15) is 35.2 Å². The van der Waals surface area contributed by atoms with Gasteiger partial charge in [-0.15, -0.1) is 0 Å². The zero-order chi connectivity index (χ0) is 15.4. The maximum atomic E-state index is 12.0. The van der Waals surface area contributed by atoms with Crippen LogP contribution < -0.4 is 10.6 Å². The number of benzene rings is 1. The largest absolute Gasteiger partial charge is 0.478 e. The molecule has 1 aromatic rings. The summed E-state index contributed by atoms with van der Waals surface area (Å²) in [5.74, 6) is -1.01. The number of rotatable bonds is 4. The van der Waals surface area contributed by atoms with E-state index in [1.807, 2.05) is 0 Å². The van der Waals surface area contributed by atoms with E-state index in [0.29, 0.717) is 11.3 Å². The van der Waals surface area contributed by atoms with Crippen molar-refractivity contribution in [2.45, 2.75) is 38.3 Å². The molecule has 2 rings (SSSR count). The minimum Gasteiger partial charge on any atom is -0.478 e. The fraction of sp³-hybridized carbons (Fsp3) is 0.467. The molecule has 1 aliphatic carbocycles. The third-order valence-electron chi connectivity index (χ3n) is 3.88. The van der Waals surface area contributed by atoms with Crippen LogP contribution in [0.15, 0.2) is 18.2 Å². The van der Waals surface area contributed by atoms with Gasteiger partial charge in [-0.2, -0.15) is 0 Å². The van der Waals surface area contributed by atoms with Gasteiger partial charge in [-0.05, 0) is 43.9 Å². The Morgan fingerprint density at radius 2 is 2.10 bits per heavy atom. The normalized spacial score (nSPS) is 21.0. The lowest BCUT2D eigenvalue weighted by molar-refractivity contribution is 0.0696. The van der Waals surface area contributed by atoms with Crippen LogP contribution in [0.25, 0.3) is 0 Å². The van der Waals surface area contributed by atoms with E-state index in [-0.39, 0.29) is 23.7 Å². The molecule has 6 nitrogen and oxygen atoms in total. The van der Waals surface area contributed by atoms with Crippen LogP contribution in [0.5, 0.6) is 0 Å². The molecule has 114 valence electrons. The summed E-state index contributed by atoms with van der Waals surface area (Å²) in [6, 6.07) is 4.47. The second-order valence-corrected chi connectivity index (χ2v) is 5.19. The van der Waals surface area contributed by atoms with Gasteiger partial charge in [0.05, 0.1) is 17.7 Å². The second-order valence-electron chi connectivity index (χ2n) is 5.19. The van der Waals surface area contributed by atoms with Crippen LogP contribution in [-0.2, 0) is 4.74 Å². The van der Waals surface area contributed by atoms with Crippen molar-refractivity contribution in [1.29, 1.82) is 0 Å². The first-order valence-electron chi connectivity index (χ1n) is 6.96. The molecular formula is C15H20N2O4. The number of amides is 2. The number of hydrogen-bond acceptors (Lipinski definition) is 3. The van der Waals surface area contributed by atoms with Crippen LogP contribution in [0.2, 0.25) is 0 Å². The van der Waals surface area contributed by atoms with E-state index in [9.17, 15) is 9.59 Å². The first-order valence-corrected chi connectivity index (χ1v) is 6.96. The number of aromatic carboxylic acids is 1. The standard InChI is InChI=1S/C15H20N2O4/c1-9-10(14(18)19)5-3-6-11(9)16-15(20)17-12-7-4-8-13(12)21-2/h3,5-6,12-13H,4,7-8H2,1-2H3,(H,18,19)(H2,16,17,20). The first-order chi connectivity index (χ1) is 10.0. The molecule has 0 aliphatic heterocycles. The summed E-state index contributed by atoms with van der Waals surface area (Å²) >= 11 is 0. The number of nitrogens with one attached hydrogen (secondary N) is 2. The van der Waals surface area contributed by atoms with Gasteiger partial charge in [0, 0.05) is 12.8 Å². The zero-order valence-corrected chi connectivity index (χ0v) is 12.2. The highest BCUT2D eigenvalue weighted by atomic mass is 16.5. The Morgan fingerprint density at radius 3 is 2.76 bits per heavy atom. The molecule has 0 bridgehead atoms. The number of ether oxygens (including phenoxy) is 1. The minimum absolute atomic E-state index is 0.00189. The fourth-order valence-corrected chi connectivity index (χ4v) is 2.70. The van der Waals surface area contributed by atoms with E-state index in [2.05, 4.69) is 10.6 Å². The van der Waals surface area contributed by atoms with E-state index < -0.39 is 5.97 Å². The van der Waals surface area contributed by atoms with Gasteiger partial charge in [-0.1, -0.05) is 6.07 Å². The summed E-state index contributed by atoms with van der Waals surface area (Å²) in [5, 5.41) is 14.7. The summed E-state index contributed by atoms with van der Waals surface area (Å²) in [4.78, 5) is 23.1. The maximum Gasteiger partial charge on any atom is 0.336 e. The molecule has 2 amide bonds. The van der Waals surface area contributed by atoms with Crippen LogP contribution >= 0.6 is 0 Å². The molecule has 0 saturated heterocycles. The monoisotopic (exact) mass is 292 g/mol. The Bertz CT molecular complexity index is 544. The average Bonchev–Trinajstić information content (AvgIpc) is 2.87. The van der Waals surface area contributed by atoms with Crippen molar-refractivity contribution in [1.82, 2.24) is 5.32 Å². The third kappa shape index (κ3) is 3.52. The van der Waals surface area contributed by atoms with Crippen molar-refractivity contribution in [2.24, 2.45) is 0 Å². The summed E-state index contributed by atoms with van der Waals surface area (Å²) < 4.78 is 5.33. The highest BCUT2D eigenvalue weighted by molar-refractivity contribution is 5.95. The summed E-state index contributed by atoms with van der Waals surface area (Å²) in [6.07, 6.45) is 2.90. The number of urea groups is 1. The van der Waals surface area contributed by atoms with E-state index in [1.165, 1.54) is 6.07 Å². The number of hydrogen-bond donors (Lipinski definition) is 3. The van der Waals surface area contributed by atoms with Crippen molar-refractivity contribution in [3.63, 3.8) is 0 Å². The van der Waals surface area contributed by atoms with Gasteiger partial charge in [-0.25, -0.2) is 9.59 Å². The lowest BCUT2D eigenvalue weighted by Gasteiger charge is -2.20. The summed E-state index contributed by atoms with van der Waals surface area (Å²) in [6.45, 7) is 1.67. The number of anilines is 1. The molecule has 3 N–H and O–H groups in total. The number of carbonyl (C=O) groups excluding carboxylic acids is 1. The van der Waals surface area contributed by atoms with Crippen molar-refractivity contribution in [3.8, 4) is 0 Å². The first kappa shape index (κ1) is 15.3. The van der Waals surface area contributed by atoms with E-state index in [4.69, 9.17) is 9.84 Å². The fourth-order valence-electron chi connectivity index (χ4n) is 2.70. The molecule has 0 aromatic heterocycles. The predicted molar refractivity (Wildman–Crippen MR) is 78.7 cm³/mol. The Morgan fingerprint density at radius 1 is 1.33 bits per heavy atom. The van der Waals surface area contributed by atoms with Crippen molar-refractivity contribution in [3.05, 3.63) is 29.3 Å². The maximum absolute atomic E-state index is 12.0. The van der Waals surface area contributed by atoms with Gasteiger partial charge in [-0.3, -0.25) is 0 Å². The number of carbonyl (C=O) groups is 2. The SMILES string of the molecule is COC1CCCC1NC(=O)Nc1cccc(C(=O)O)c1C. The van der Waals surface area contributed by atoms with Gasteiger partial charge in [0.25, 0.3) is 0 Å². The molecule has 2 atom stereocenters. The topological polar surface area (TPSA) is 87.7 Å². The summed E-state index contributed by atoms with van der Waals surface area (Å²) in [5.41, 5.74) is 1.22. The molecule has 0 heterocycles. The van der Waals surface area contributed by atoms with Gasteiger partial charge in [0.15, 0.2) is 0 Å². The Balaban J connectivity index is 2.03. The van der Waals surface area contributed by atoms with E-state index in [0.717, 1.165) is 19.3 Å². The smallest absolute Gasteiger partial charge is 0.336 e. The minimum atomic E-state index is -1.01. The number of carboxylic acids is 1. The molecule has 1 aromatic carbocycles. The Hall–Kier alpha value is -2.08. The molecule has 21 heavy (non-hydrogen) atoms. The molecule has 1 saturated carbocycles. The predicted octanol–water partition coefficient (Wildman–Crippen LogP) is 2.38. The van der Waals surface area contributed by atoms with E-state index >= 15 is 0 Å². The lowest BCUT2D eigenvalue weighted by Crippen LogP contribution is -2.43. The highest BCUT2D eigenvalue weighted by Gasteiger charge is 2.28. The zero-order valence-electron chi connectivity index (χ0n) is 12.2. The van der Waals surface area contributed by atoms with Crippen molar-refractivity contribution in [2.75, 3.05) is 12.4 Å². The second kappa shape index (κ2) is 6.58. The van der Waals surface area contributed by atoms with Crippen LogP contribution in [0.4, 0.5) is 10.5 Å². The van der Waals surface area contributed by atoms with E-state index in [1.54, 1.807) is 26.2 Å². The molecular weight excluding hydrogens is 272 g/mol. The van der Waals surface area contributed by atoms with Gasteiger partial charge in [0.2, 0.25) is 0 Å². The molecule has 0 radical (unpaired) electrons. The Kier molecular flexibility index (Phi) is 4.80. The molecule has 0 spiro atoms. The molecule has 2 unspecified atom stereocenters. The van der Waals surface area contributed by atoms with Crippen LogP contribution in [-0.4, -0.2) is 36.4 Å². The lowest BCUT2D eigenvalue weighted by atomic mass is 10.1. The molecule has 6 heteroatoms. The average molecular weight is 292 g/mol.